The van der Waals surface area contributed by atoms with Gasteiger partial charge in [0, 0.05) is 12.6 Å². The summed E-state index contributed by atoms with van der Waals surface area (Å²) in [5.74, 6) is -0.0283. The average Bonchev–Trinajstić information content (AvgIpc) is 3.56. The number of furan rings is 1. The van der Waals surface area contributed by atoms with E-state index in [0.717, 1.165) is 42.3 Å². The van der Waals surface area contributed by atoms with Gasteiger partial charge >= 0.3 is 0 Å². The van der Waals surface area contributed by atoms with Crippen LogP contribution in [-0.4, -0.2) is 37.7 Å². The molecule has 2 heterocycles. The highest BCUT2D eigenvalue weighted by Gasteiger charge is 2.35. The number of benzene rings is 2. The van der Waals surface area contributed by atoms with Crippen LogP contribution in [0.2, 0.25) is 0 Å². The quantitative estimate of drug-likeness (QED) is 0.395. The number of nitrogens with one attached hydrogen (secondary N) is 1. The zero-order valence-electron chi connectivity index (χ0n) is 20.5. The fraction of sp³-hybridized carbons (Fsp3) is 0.357. The number of hydrogen-bond acceptors (Lipinski definition) is 5. The van der Waals surface area contributed by atoms with Crippen molar-refractivity contribution in [3.8, 4) is 0 Å². The van der Waals surface area contributed by atoms with Crippen LogP contribution in [-0.2, 0) is 22.7 Å². The van der Waals surface area contributed by atoms with Crippen molar-refractivity contribution < 1.29 is 14.0 Å². The highest BCUT2D eigenvalue weighted by atomic mass is 16.3. The third-order valence-electron chi connectivity index (χ3n) is 6.82. The van der Waals surface area contributed by atoms with Gasteiger partial charge < -0.3 is 14.6 Å². The number of fused-ring (bicyclic) bond motifs is 1. The largest absolute Gasteiger partial charge is 0.467 e. The summed E-state index contributed by atoms with van der Waals surface area (Å²) in [6, 6.07) is 18.2. The maximum absolute atomic E-state index is 13.9. The number of aromatic nitrogens is 3. The maximum atomic E-state index is 13.9. The molecule has 0 unspecified atom stereocenters. The lowest BCUT2D eigenvalue weighted by molar-refractivity contribution is -0.143. The van der Waals surface area contributed by atoms with Crippen molar-refractivity contribution in [3.05, 3.63) is 83.8 Å². The summed E-state index contributed by atoms with van der Waals surface area (Å²) in [7, 11) is 0. The van der Waals surface area contributed by atoms with E-state index < -0.39 is 6.04 Å². The van der Waals surface area contributed by atoms with Gasteiger partial charge in [-0.05, 0) is 49.6 Å². The van der Waals surface area contributed by atoms with Crippen LogP contribution in [0.5, 0.6) is 0 Å². The molecule has 1 saturated carbocycles. The van der Waals surface area contributed by atoms with Crippen LogP contribution in [0.3, 0.4) is 0 Å². The molecule has 0 saturated heterocycles. The number of carbonyl (C=O) groups excluding carboxylic acids is 2. The van der Waals surface area contributed by atoms with Gasteiger partial charge in [-0.3, -0.25) is 9.59 Å². The van der Waals surface area contributed by atoms with E-state index in [2.05, 4.69) is 15.6 Å². The van der Waals surface area contributed by atoms with Crippen LogP contribution in [0.15, 0.2) is 71.3 Å². The molecule has 2 aromatic heterocycles. The molecule has 2 amide bonds. The van der Waals surface area contributed by atoms with Crippen LogP contribution in [0.4, 0.5) is 0 Å². The second kappa shape index (κ2) is 10.8. The summed E-state index contributed by atoms with van der Waals surface area (Å²) in [6.45, 7) is 2.24. The van der Waals surface area contributed by atoms with Crippen molar-refractivity contribution in [1.82, 2.24) is 25.2 Å². The predicted octanol–water partition coefficient (Wildman–Crippen LogP) is 4.55. The molecule has 0 bridgehead atoms. The first kappa shape index (κ1) is 23.8. The van der Waals surface area contributed by atoms with E-state index in [9.17, 15) is 9.59 Å². The first-order valence-electron chi connectivity index (χ1n) is 12.6. The lowest BCUT2D eigenvalue weighted by Crippen LogP contribution is -2.47. The minimum Gasteiger partial charge on any atom is -0.467 e. The smallest absolute Gasteiger partial charge is 0.250 e. The Morgan fingerprint density at radius 3 is 2.58 bits per heavy atom. The fourth-order valence-electron chi connectivity index (χ4n) is 4.86. The van der Waals surface area contributed by atoms with E-state index in [-0.39, 0.29) is 30.9 Å². The van der Waals surface area contributed by atoms with Gasteiger partial charge in [0.1, 0.15) is 17.8 Å². The van der Waals surface area contributed by atoms with Gasteiger partial charge in [0.2, 0.25) is 5.91 Å². The zero-order valence-corrected chi connectivity index (χ0v) is 20.5. The Balaban J connectivity index is 1.48. The molecule has 8 nitrogen and oxygen atoms in total. The number of hydrogen-bond donors (Lipinski definition) is 1. The van der Waals surface area contributed by atoms with Gasteiger partial charge in [-0.15, -0.1) is 5.10 Å². The van der Waals surface area contributed by atoms with E-state index >= 15 is 0 Å². The molecular formula is C28H31N5O3. The van der Waals surface area contributed by atoms with E-state index in [4.69, 9.17) is 4.42 Å². The molecule has 186 valence electrons. The Hall–Kier alpha value is -3.94. The summed E-state index contributed by atoms with van der Waals surface area (Å²) in [5.41, 5.74) is 3.54. The Kier molecular flexibility index (Phi) is 7.11. The molecule has 5 rings (SSSR count). The molecule has 1 atom stereocenters. The number of para-hydroxylation sites is 1. The number of rotatable bonds is 8. The molecule has 4 aromatic rings. The lowest BCUT2D eigenvalue weighted by atomic mass is 9.95. The molecule has 1 aliphatic rings. The first-order valence-corrected chi connectivity index (χ1v) is 12.6. The Morgan fingerprint density at radius 2 is 1.83 bits per heavy atom. The molecule has 1 N–H and O–H groups in total. The summed E-state index contributed by atoms with van der Waals surface area (Å²) in [6.07, 6.45) is 6.83. The first-order chi connectivity index (χ1) is 17.6. The average molecular weight is 486 g/mol. The highest BCUT2D eigenvalue weighted by molar-refractivity contribution is 5.89. The van der Waals surface area contributed by atoms with Crippen LogP contribution in [0.1, 0.15) is 55.0 Å². The van der Waals surface area contributed by atoms with Gasteiger partial charge in [0.05, 0.1) is 11.8 Å². The van der Waals surface area contributed by atoms with Gasteiger partial charge in [-0.25, -0.2) is 4.68 Å². The number of carbonyl (C=O) groups is 2. The molecule has 1 aliphatic carbocycles. The van der Waals surface area contributed by atoms with Crippen LogP contribution in [0, 0.1) is 6.92 Å². The van der Waals surface area contributed by atoms with Crippen molar-refractivity contribution >= 4 is 22.8 Å². The monoisotopic (exact) mass is 485 g/mol. The lowest BCUT2D eigenvalue weighted by Gasteiger charge is -2.32. The summed E-state index contributed by atoms with van der Waals surface area (Å²) < 4.78 is 7.29. The maximum Gasteiger partial charge on any atom is 0.250 e. The van der Waals surface area contributed by atoms with E-state index in [1.807, 2.05) is 55.5 Å². The van der Waals surface area contributed by atoms with Gasteiger partial charge in [0.15, 0.2) is 6.04 Å². The van der Waals surface area contributed by atoms with Crippen molar-refractivity contribution in [3.63, 3.8) is 0 Å². The Bertz CT molecular complexity index is 1310. The Labute approximate surface area is 210 Å². The minimum atomic E-state index is -0.898. The van der Waals surface area contributed by atoms with Crippen molar-refractivity contribution in [2.24, 2.45) is 0 Å². The highest BCUT2D eigenvalue weighted by Crippen LogP contribution is 2.27. The number of amides is 2. The van der Waals surface area contributed by atoms with E-state index in [1.54, 1.807) is 21.7 Å². The topological polar surface area (TPSA) is 93.3 Å². The molecule has 0 radical (unpaired) electrons. The van der Waals surface area contributed by atoms with Crippen molar-refractivity contribution in [1.29, 1.82) is 0 Å². The summed E-state index contributed by atoms with van der Waals surface area (Å²) >= 11 is 0. The van der Waals surface area contributed by atoms with Crippen LogP contribution < -0.4 is 5.32 Å². The third-order valence-corrected chi connectivity index (χ3v) is 6.82. The molecule has 36 heavy (non-hydrogen) atoms. The van der Waals surface area contributed by atoms with E-state index in [1.165, 1.54) is 12.7 Å². The van der Waals surface area contributed by atoms with Gasteiger partial charge in [0.25, 0.3) is 5.91 Å². The second-order valence-electron chi connectivity index (χ2n) is 9.50. The third kappa shape index (κ3) is 5.32. The normalized spacial score (nSPS) is 15.0. The molecule has 1 fully saturated rings. The zero-order chi connectivity index (χ0) is 24.9. The van der Waals surface area contributed by atoms with Crippen molar-refractivity contribution in [2.75, 3.05) is 0 Å². The summed E-state index contributed by atoms with van der Waals surface area (Å²) in [4.78, 5) is 29.2. The van der Waals surface area contributed by atoms with Crippen LogP contribution >= 0.6 is 0 Å². The minimum absolute atomic E-state index is 0.0414. The van der Waals surface area contributed by atoms with Crippen LogP contribution in [0.25, 0.3) is 11.0 Å². The summed E-state index contributed by atoms with van der Waals surface area (Å²) in [5, 5.41) is 11.6. The fourth-order valence-corrected chi connectivity index (χ4v) is 4.86. The molecule has 0 spiro atoms. The molecule has 0 aliphatic heterocycles. The second-order valence-corrected chi connectivity index (χ2v) is 9.50. The van der Waals surface area contributed by atoms with Gasteiger partial charge in [-0.2, -0.15) is 0 Å². The Morgan fingerprint density at radius 1 is 1.06 bits per heavy atom. The predicted molar refractivity (Wildman–Crippen MR) is 136 cm³/mol. The van der Waals surface area contributed by atoms with E-state index in [0.29, 0.717) is 11.3 Å². The molecular weight excluding hydrogens is 454 g/mol. The van der Waals surface area contributed by atoms with Gasteiger partial charge in [-0.1, -0.05) is 66.4 Å². The van der Waals surface area contributed by atoms with Crippen molar-refractivity contribution in [2.45, 2.75) is 64.2 Å². The molecule has 2 aromatic carbocycles. The molecule has 8 heteroatoms. The standard InChI is InChI=1S/C28H31N5O3/c1-20-13-15-21(16-14-20)18-32(26(34)19-33-24-11-6-5-10-23(24)30-31-33)27(25-12-7-17-36-25)28(35)29-22-8-3-2-4-9-22/h5-7,10-17,22,27H,2-4,8-9,18-19H2,1H3,(H,29,35)/t27-/m0/s1. The SMILES string of the molecule is Cc1ccc(CN(C(=O)Cn2nnc3ccccc32)[C@H](C(=O)NC2CCCCC2)c2ccco2)cc1. The number of aryl methyl sites for hydroxylation is 1. The number of nitrogens with zero attached hydrogens (tertiary/aromatic N) is 4.